The maximum atomic E-state index is 9.19. The third kappa shape index (κ3) is 3.03. The minimum absolute atomic E-state index is 0.0369. The van der Waals surface area contributed by atoms with Gasteiger partial charge in [0.25, 0.3) is 0 Å². The molecule has 4 nitrogen and oxygen atoms in total. The highest BCUT2D eigenvalue weighted by Gasteiger charge is 2.31. The maximum absolute atomic E-state index is 9.19. The predicted octanol–water partition coefficient (Wildman–Crippen LogP) is 0.801. The molecule has 1 N–H and O–H groups in total. The van der Waals surface area contributed by atoms with Gasteiger partial charge in [0.05, 0.1) is 6.07 Å². The standard InChI is InChI=1S/C14H24N4/c15-9-13(16-12-3-4-12)10-17-8-5-14(11-17)18-6-1-2-7-18/h12-14,16H,1-8,10-11H2. The third-order valence-electron chi connectivity index (χ3n) is 4.52. The lowest BCUT2D eigenvalue weighted by Crippen LogP contribution is -2.42. The molecule has 0 bridgehead atoms. The van der Waals surface area contributed by atoms with E-state index in [1.54, 1.807) is 0 Å². The van der Waals surface area contributed by atoms with Crippen molar-refractivity contribution in [2.24, 2.45) is 0 Å². The zero-order valence-corrected chi connectivity index (χ0v) is 11.1. The molecule has 0 spiro atoms. The normalized spacial score (nSPS) is 31.6. The lowest BCUT2D eigenvalue weighted by Gasteiger charge is -2.24. The maximum Gasteiger partial charge on any atom is 0.108 e. The van der Waals surface area contributed by atoms with E-state index in [0.717, 1.165) is 12.6 Å². The summed E-state index contributed by atoms with van der Waals surface area (Å²) < 4.78 is 0. The van der Waals surface area contributed by atoms with Crippen molar-refractivity contribution in [1.29, 1.82) is 5.26 Å². The fourth-order valence-electron chi connectivity index (χ4n) is 3.31. The van der Waals surface area contributed by atoms with Crippen molar-refractivity contribution in [1.82, 2.24) is 15.1 Å². The SMILES string of the molecule is N#CC(CN1CCC(N2CCCC2)C1)NC1CC1. The molecule has 0 amide bonds. The van der Waals surface area contributed by atoms with E-state index >= 15 is 0 Å². The molecule has 1 aliphatic carbocycles. The Labute approximate surface area is 110 Å². The summed E-state index contributed by atoms with van der Waals surface area (Å²) in [5.74, 6) is 0. The molecule has 0 aromatic carbocycles. The molecular weight excluding hydrogens is 224 g/mol. The van der Waals surface area contributed by atoms with Crippen LogP contribution in [0.2, 0.25) is 0 Å². The molecule has 18 heavy (non-hydrogen) atoms. The largest absolute Gasteiger partial charge is 0.299 e. The fourth-order valence-corrected chi connectivity index (χ4v) is 3.31. The quantitative estimate of drug-likeness (QED) is 0.781. The first-order valence-corrected chi connectivity index (χ1v) is 7.47. The van der Waals surface area contributed by atoms with Gasteiger partial charge in [0.1, 0.15) is 6.04 Å². The molecule has 2 atom stereocenters. The first kappa shape index (κ1) is 12.4. The van der Waals surface area contributed by atoms with E-state index in [0.29, 0.717) is 6.04 Å². The highest BCUT2D eigenvalue weighted by atomic mass is 15.3. The van der Waals surface area contributed by atoms with Crippen molar-refractivity contribution >= 4 is 0 Å². The summed E-state index contributed by atoms with van der Waals surface area (Å²) >= 11 is 0. The van der Waals surface area contributed by atoms with Crippen molar-refractivity contribution in [3.05, 3.63) is 0 Å². The molecule has 3 aliphatic rings. The predicted molar refractivity (Wildman–Crippen MR) is 71.2 cm³/mol. The summed E-state index contributed by atoms with van der Waals surface area (Å²) in [5, 5.41) is 12.6. The van der Waals surface area contributed by atoms with E-state index in [1.807, 2.05) is 0 Å². The molecule has 2 saturated heterocycles. The molecule has 3 rings (SSSR count). The molecule has 0 radical (unpaired) electrons. The van der Waals surface area contributed by atoms with Gasteiger partial charge in [-0.05, 0) is 51.7 Å². The van der Waals surface area contributed by atoms with E-state index in [2.05, 4.69) is 21.2 Å². The number of hydrogen-bond acceptors (Lipinski definition) is 4. The Morgan fingerprint density at radius 1 is 1.17 bits per heavy atom. The average molecular weight is 248 g/mol. The first-order chi connectivity index (χ1) is 8.85. The van der Waals surface area contributed by atoms with Gasteiger partial charge in [0, 0.05) is 25.2 Å². The van der Waals surface area contributed by atoms with Crippen LogP contribution < -0.4 is 5.32 Å². The second-order valence-corrected chi connectivity index (χ2v) is 6.07. The van der Waals surface area contributed by atoms with E-state index < -0.39 is 0 Å². The summed E-state index contributed by atoms with van der Waals surface area (Å²) in [6.45, 7) is 5.84. The van der Waals surface area contributed by atoms with Crippen LogP contribution in [0.1, 0.15) is 32.1 Å². The molecule has 1 saturated carbocycles. The molecule has 3 fully saturated rings. The Morgan fingerprint density at radius 2 is 1.94 bits per heavy atom. The molecule has 0 aromatic rings. The van der Waals surface area contributed by atoms with Crippen molar-refractivity contribution in [2.45, 2.75) is 50.2 Å². The summed E-state index contributed by atoms with van der Waals surface area (Å²) in [4.78, 5) is 5.13. The minimum atomic E-state index is 0.0369. The highest BCUT2D eigenvalue weighted by Crippen LogP contribution is 2.22. The van der Waals surface area contributed by atoms with Crippen molar-refractivity contribution in [3.8, 4) is 6.07 Å². The monoisotopic (exact) mass is 248 g/mol. The van der Waals surface area contributed by atoms with Gasteiger partial charge in [-0.2, -0.15) is 5.26 Å². The van der Waals surface area contributed by atoms with Gasteiger partial charge in [0.2, 0.25) is 0 Å². The van der Waals surface area contributed by atoms with Crippen molar-refractivity contribution < 1.29 is 0 Å². The van der Waals surface area contributed by atoms with E-state index in [9.17, 15) is 5.26 Å². The van der Waals surface area contributed by atoms with E-state index in [4.69, 9.17) is 0 Å². The molecule has 2 unspecified atom stereocenters. The van der Waals surface area contributed by atoms with Gasteiger partial charge in [-0.1, -0.05) is 0 Å². The van der Waals surface area contributed by atoms with Crippen molar-refractivity contribution in [3.63, 3.8) is 0 Å². The molecule has 4 heteroatoms. The van der Waals surface area contributed by atoms with Crippen LogP contribution in [0.15, 0.2) is 0 Å². The summed E-state index contributed by atoms with van der Waals surface area (Å²) in [6, 6.07) is 3.84. The fraction of sp³-hybridized carbons (Fsp3) is 0.929. The van der Waals surface area contributed by atoms with Crippen LogP contribution in [0.4, 0.5) is 0 Å². The molecule has 2 aliphatic heterocycles. The van der Waals surface area contributed by atoms with Gasteiger partial charge >= 0.3 is 0 Å². The zero-order chi connectivity index (χ0) is 12.4. The summed E-state index contributed by atoms with van der Waals surface area (Å²) in [5.41, 5.74) is 0. The van der Waals surface area contributed by atoms with Crippen molar-refractivity contribution in [2.75, 3.05) is 32.7 Å². The Balaban J connectivity index is 1.44. The van der Waals surface area contributed by atoms with Crippen LogP contribution in [0.25, 0.3) is 0 Å². The number of nitriles is 1. The van der Waals surface area contributed by atoms with E-state index in [-0.39, 0.29) is 6.04 Å². The number of hydrogen-bond donors (Lipinski definition) is 1. The van der Waals surface area contributed by atoms with Gasteiger partial charge < -0.3 is 0 Å². The summed E-state index contributed by atoms with van der Waals surface area (Å²) in [6.07, 6.45) is 6.56. The number of rotatable bonds is 5. The van der Waals surface area contributed by atoms with E-state index in [1.165, 1.54) is 58.3 Å². The number of nitrogens with zero attached hydrogens (tertiary/aromatic N) is 3. The van der Waals surface area contributed by atoms with Crippen LogP contribution >= 0.6 is 0 Å². The smallest absolute Gasteiger partial charge is 0.108 e. The van der Waals surface area contributed by atoms with Crippen LogP contribution in [0.5, 0.6) is 0 Å². The molecular formula is C14H24N4. The molecule has 100 valence electrons. The Bertz CT molecular complexity index is 314. The van der Waals surface area contributed by atoms with Crippen LogP contribution in [-0.2, 0) is 0 Å². The highest BCUT2D eigenvalue weighted by molar-refractivity contribution is 4.99. The van der Waals surface area contributed by atoms with Crippen LogP contribution in [0, 0.1) is 11.3 Å². The summed E-state index contributed by atoms with van der Waals surface area (Å²) in [7, 11) is 0. The number of nitrogens with one attached hydrogen (secondary N) is 1. The Hall–Kier alpha value is -0.630. The molecule has 2 heterocycles. The van der Waals surface area contributed by atoms with Crippen LogP contribution in [0.3, 0.4) is 0 Å². The van der Waals surface area contributed by atoms with Crippen LogP contribution in [-0.4, -0.2) is 60.6 Å². The van der Waals surface area contributed by atoms with Gasteiger partial charge in [-0.15, -0.1) is 0 Å². The number of likely N-dealkylation sites (tertiary alicyclic amines) is 2. The second kappa shape index (κ2) is 5.56. The Kier molecular flexibility index (Phi) is 3.83. The van der Waals surface area contributed by atoms with Gasteiger partial charge in [-0.25, -0.2) is 0 Å². The third-order valence-corrected chi connectivity index (χ3v) is 4.52. The average Bonchev–Trinajstić information content (AvgIpc) is 2.87. The lowest BCUT2D eigenvalue weighted by atomic mass is 10.2. The zero-order valence-electron chi connectivity index (χ0n) is 11.1. The molecule has 0 aromatic heterocycles. The minimum Gasteiger partial charge on any atom is -0.299 e. The lowest BCUT2D eigenvalue weighted by molar-refractivity contribution is 0.228. The van der Waals surface area contributed by atoms with Gasteiger partial charge in [0.15, 0.2) is 0 Å². The topological polar surface area (TPSA) is 42.3 Å². The van der Waals surface area contributed by atoms with Gasteiger partial charge in [-0.3, -0.25) is 15.1 Å². The Morgan fingerprint density at radius 3 is 2.61 bits per heavy atom. The first-order valence-electron chi connectivity index (χ1n) is 7.47. The second-order valence-electron chi connectivity index (χ2n) is 6.07.